The predicted octanol–water partition coefficient (Wildman–Crippen LogP) is 1.50. The fraction of sp³-hybridized carbons (Fsp3) is 0.364. The van der Waals surface area contributed by atoms with E-state index in [9.17, 15) is 20.0 Å². The van der Waals surface area contributed by atoms with E-state index in [0.717, 1.165) is 6.07 Å². The summed E-state index contributed by atoms with van der Waals surface area (Å²) in [5.41, 5.74) is -0.0153. The van der Waals surface area contributed by atoms with E-state index in [4.69, 9.17) is 9.84 Å². The molecule has 1 unspecified atom stereocenters. The van der Waals surface area contributed by atoms with Gasteiger partial charge in [-0.15, -0.1) is 0 Å². The summed E-state index contributed by atoms with van der Waals surface area (Å²) in [6.45, 7) is 2.74. The van der Waals surface area contributed by atoms with Gasteiger partial charge in [-0.25, -0.2) is 4.79 Å². The van der Waals surface area contributed by atoms with Crippen LogP contribution in [0.5, 0.6) is 5.75 Å². The third kappa shape index (κ3) is 3.17. The van der Waals surface area contributed by atoms with Gasteiger partial charge in [0.15, 0.2) is 6.10 Å². The quantitative estimate of drug-likeness (QED) is 0.609. The summed E-state index contributed by atoms with van der Waals surface area (Å²) in [6.07, 6.45) is -2.11. The number of ether oxygens (including phenoxy) is 1. The minimum atomic E-state index is -1.16. The lowest BCUT2D eigenvalue weighted by molar-refractivity contribution is -0.385. The maximum atomic E-state index is 10.7. The molecule has 0 bridgehead atoms. The summed E-state index contributed by atoms with van der Waals surface area (Å²) in [7, 11) is 0. The van der Waals surface area contributed by atoms with Crippen LogP contribution >= 0.6 is 0 Å². The van der Waals surface area contributed by atoms with E-state index in [0.29, 0.717) is 0 Å². The number of nitrogens with zero attached hydrogens (tertiary/aromatic N) is 1. The molecule has 0 spiro atoms. The number of rotatable bonds is 5. The fourth-order valence-corrected chi connectivity index (χ4v) is 1.32. The Morgan fingerprint density at radius 1 is 1.44 bits per heavy atom. The molecule has 18 heavy (non-hydrogen) atoms. The number of non-ortho nitro benzene ring substituents is 1. The molecule has 0 saturated carbocycles. The van der Waals surface area contributed by atoms with E-state index in [1.807, 2.05) is 0 Å². The number of aliphatic hydroxyl groups excluding tert-OH is 1. The molecule has 0 fully saturated rings. The first-order chi connectivity index (χ1) is 8.32. The Morgan fingerprint density at radius 3 is 2.50 bits per heavy atom. The number of carbonyl (C=O) groups is 1. The van der Waals surface area contributed by atoms with Gasteiger partial charge in [0.1, 0.15) is 5.75 Å². The zero-order chi connectivity index (χ0) is 13.9. The molecule has 1 aromatic rings. The van der Waals surface area contributed by atoms with Crippen molar-refractivity contribution in [1.82, 2.24) is 0 Å². The van der Waals surface area contributed by atoms with Crippen LogP contribution in [0, 0.1) is 10.1 Å². The molecule has 0 radical (unpaired) electrons. The van der Waals surface area contributed by atoms with Crippen molar-refractivity contribution in [3.05, 3.63) is 33.9 Å². The van der Waals surface area contributed by atoms with Crippen LogP contribution in [0.3, 0.4) is 0 Å². The lowest BCUT2D eigenvalue weighted by Crippen LogP contribution is -2.23. The highest BCUT2D eigenvalue weighted by Crippen LogP contribution is 2.29. The first-order valence-electron chi connectivity index (χ1n) is 5.18. The van der Waals surface area contributed by atoms with Gasteiger partial charge < -0.3 is 14.9 Å². The minimum Gasteiger partial charge on any atom is -0.479 e. The molecule has 0 aliphatic rings. The third-order valence-corrected chi connectivity index (χ3v) is 2.31. The van der Waals surface area contributed by atoms with Crippen molar-refractivity contribution in [3.8, 4) is 5.75 Å². The summed E-state index contributed by atoms with van der Waals surface area (Å²) >= 11 is 0. The molecule has 7 heteroatoms. The van der Waals surface area contributed by atoms with E-state index in [1.54, 1.807) is 0 Å². The highest BCUT2D eigenvalue weighted by molar-refractivity contribution is 5.72. The van der Waals surface area contributed by atoms with Gasteiger partial charge in [0.05, 0.1) is 11.0 Å². The second kappa shape index (κ2) is 5.46. The smallest absolute Gasteiger partial charge is 0.344 e. The van der Waals surface area contributed by atoms with Crippen LogP contribution in [-0.4, -0.2) is 27.2 Å². The van der Waals surface area contributed by atoms with Gasteiger partial charge in [-0.05, 0) is 19.9 Å². The second-order valence-electron chi connectivity index (χ2n) is 3.75. The van der Waals surface area contributed by atoms with Crippen LogP contribution in [0.4, 0.5) is 5.69 Å². The predicted molar refractivity (Wildman–Crippen MR) is 61.5 cm³/mol. The SMILES string of the molecule is CC(Oc1ccc([N+](=O)[O-])cc1[C@@H](C)O)C(=O)O. The zero-order valence-electron chi connectivity index (χ0n) is 9.86. The van der Waals surface area contributed by atoms with Crippen LogP contribution in [0.15, 0.2) is 18.2 Å². The van der Waals surface area contributed by atoms with Crippen molar-refractivity contribution in [3.63, 3.8) is 0 Å². The monoisotopic (exact) mass is 255 g/mol. The van der Waals surface area contributed by atoms with E-state index < -0.39 is 23.1 Å². The molecule has 0 aromatic heterocycles. The van der Waals surface area contributed by atoms with E-state index >= 15 is 0 Å². The van der Waals surface area contributed by atoms with Crippen LogP contribution < -0.4 is 4.74 Å². The van der Waals surface area contributed by atoms with Gasteiger partial charge in [-0.3, -0.25) is 10.1 Å². The van der Waals surface area contributed by atoms with Crippen molar-refractivity contribution in [1.29, 1.82) is 0 Å². The molecule has 1 rings (SSSR count). The number of hydrogen-bond donors (Lipinski definition) is 2. The maximum absolute atomic E-state index is 10.7. The molecule has 1 aromatic carbocycles. The molecule has 0 amide bonds. The normalized spacial score (nSPS) is 13.7. The Labute approximate surface area is 103 Å². The number of aliphatic hydroxyl groups is 1. The number of nitro groups is 1. The average molecular weight is 255 g/mol. The topological polar surface area (TPSA) is 110 Å². The van der Waals surface area contributed by atoms with E-state index in [1.165, 1.54) is 26.0 Å². The third-order valence-electron chi connectivity index (χ3n) is 2.31. The molecule has 2 N–H and O–H groups in total. The van der Waals surface area contributed by atoms with Crippen molar-refractivity contribution < 1.29 is 24.7 Å². The van der Waals surface area contributed by atoms with Gasteiger partial charge >= 0.3 is 5.97 Å². The Balaban J connectivity index is 3.11. The van der Waals surface area contributed by atoms with Crippen molar-refractivity contribution in [2.45, 2.75) is 26.1 Å². The van der Waals surface area contributed by atoms with Crippen molar-refractivity contribution >= 4 is 11.7 Å². The van der Waals surface area contributed by atoms with Gasteiger partial charge in [-0.1, -0.05) is 0 Å². The Kier molecular flexibility index (Phi) is 4.22. The number of aliphatic carboxylic acids is 1. The number of hydrogen-bond acceptors (Lipinski definition) is 5. The highest BCUT2D eigenvalue weighted by Gasteiger charge is 2.19. The number of nitro benzene ring substituents is 1. The Hall–Kier alpha value is -2.15. The van der Waals surface area contributed by atoms with Crippen LogP contribution in [-0.2, 0) is 4.79 Å². The molecule has 98 valence electrons. The van der Waals surface area contributed by atoms with Gasteiger partial charge in [0, 0.05) is 17.7 Å². The minimum absolute atomic E-state index is 0.116. The maximum Gasteiger partial charge on any atom is 0.344 e. The molecular formula is C11H13NO6. The largest absolute Gasteiger partial charge is 0.479 e. The lowest BCUT2D eigenvalue weighted by atomic mass is 10.1. The van der Waals surface area contributed by atoms with Crippen molar-refractivity contribution in [2.75, 3.05) is 0 Å². The van der Waals surface area contributed by atoms with E-state index in [-0.39, 0.29) is 17.0 Å². The summed E-state index contributed by atoms with van der Waals surface area (Å²) in [6, 6.07) is 3.63. The number of benzene rings is 1. The van der Waals surface area contributed by atoms with Gasteiger partial charge in [-0.2, -0.15) is 0 Å². The van der Waals surface area contributed by atoms with Crippen LogP contribution in [0.2, 0.25) is 0 Å². The second-order valence-corrected chi connectivity index (χ2v) is 3.75. The standard InChI is InChI=1S/C11H13NO6/c1-6(13)9-5-8(12(16)17)3-4-10(9)18-7(2)11(14)15/h3-7,13H,1-2H3,(H,14,15)/t6-,7?/m1/s1. The fourth-order valence-electron chi connectivity index (χ4n) is 1.32. The van der Waals surface area contributed by atoms with Crippen LogP contribution in [0.1, 0.15) is 25.5 Å². The van der Waals surface area contributed by atoms with Gasteiger partial charge in [0.25, 0.3) is 5.69 Å². The Bertz CT molecular complexity index is 471. The Morgan fingerprint density at radius 2 is 2.06 bits per heavy atom. The molecule has 0 saturated heterocycles. The molecular weight excluding hydrogens is 242 g/mol. The first-order valence-corrected chi connectivity index (χ1v) is 5.18. The molecule has 0 aliphatic carbocycles. The molecule has 0 heterocycles. The summed E-state index contributed by atoms with van der Waals surface area (Å²) < 4.78 is 5.12. The summed E-state index contributed by atoms with van der Waals surface area (Å²) in [4.78, 5) is 20.7. The average Bonchev–Trinajstić information content (AvgIpc) is 2.28. The summed E-state index contributed by atoms with van der Waals surface area (Å²) in [5, 5.41) is 28.8. The van der Waals surface area contributed by atoms with Crippen molar-refractivity contribution in [2.24, 2.45) is 0 Å². The highest BCUT2D eigenvalue weighted by atomic mass is 16.6. The van der Waals surface area contributed by atoms with E-state index in [2.05, 4.69) is 0 Å². The lowest BCUT2D eigenvalue weighted by Gasteiger charge is -2.15. The zero-order valence-corrected chi connectivity index (χ0v) is 9.86. The van der Waals surface area contributed by atoms with Gasteiger partial charge in [0.2, 0.25) is 0 Å². The number of carboxylic acids is 1. The molecule has 2 atom stereocenters. The number of carboxylic acid groups (broad SMARTS) is 1. The molecule has 7 nitrogen and oxygen atoms in total. The van der Waals surface area contributed by atoms with Crippen LogP contribution in [0.25, 0.3) is 0 Å². The molecule has 0 aliphatic heterocycles. The summed E-state index contributed by atoms with van der Waals surface area (Å²) in [5.74, 6) is -1.05. The first kappa shape index (κ1) is 13.9.